The van der Waals surface area contributed by atoms with E-state index in [1.54, 1.807) is 21.1 Å². The van der Waals surface area contributed by atoms with E-state index in [9.17, 15) is 9.59 Å². The summed E-state index contributed by atoms with van der Waals surface area (Å²) in [6, 6.07) is 18.8. The van der Waals surface area contributed by atoms with Gasteiger partial charge < -0.3 is 14.8 Å². The highest BCUT2D eigenvalue weighted by molar-refractivity contribution is 7.09. The SMILES string of the molecule is O=C1[C@@H]2Cc3c([nH]c4ccccc34)[C@@H](c3ccc(Cl)cc3)N2C(=O)CN1Cc1cccs1. The number of nitrogens with zero attached hydrogens (tertiary/aromatic N) is 2. The maximum absolute atomic E-state index is 13.6. The number of aromatic amines is 1. The number of amides is 2. The quantitative estimate of drug-likeness (QED) is 0.478. The molecular formula is C25H20ClN3O2S. The van der Waals surface area contributed by atoms with Gasteiger partial charge in [-0.1, -0.05) is 48.0 Å². The molecule has 1 saturated heterocycles. The van der Waals surface area contributed by atoms with Gasteiger partial charge in [0.25, 0.3) is 0 Å². The number of thiophene rings is 1. The number of benzene rings is 2. The number of H-pyrrole nitrogens is 1. The minimum absolute atomic E-state index is 0.00731. The van der Waals surface area contributed by atoms with Crippen LogP contribution in [-0.2, 0) is 22.6 Å². The Morgan fingerprint density at radius 3 is 2.62 bits per heavy atom. The van der Waals surface area contributed by atoms with Gasteiger partial charge in [0.2, 0.25) is 11.8 Å². The molecule has 1 N–H and O–H groups in total. The zero-order valence-corrected chi connectivity index (χ0v) is 18.7. The zero-order valence-electron chi connectivity index (χ0n) is 17.1. The Kier molecular flexibility index (Phi) is 4.59. The molecule has 4 aromatic rings. The largest absolute Gasteiger partial charge is 0.356 e. The van der Waals surface area contributed by atoms with Gasteiger partial charge in [0.05, 0.1) is 12.6 Å². The first kappa shape index (κ1) is 19.6. The van der Waals surface area contributed by atoms with Crippen LogP contribution in [0.4, 0.5) is 0 Å². The van der Waals surface area contributed by atoms with Crippen molar-refractivity contribution >= 4 is 45.7 Å². The fourth-order valence-electron chi connectivity index (χ4n) is 5.04. The number of nitrogens with one attached hydrogen (secondary N) is 1. The summed E-state index contributed by atoms with van der Waals surface area (Å²) in [5.41, 5.74) is 4.06. The number of aromatic nitrogens is 1. The standard InChI is InChI=1S/C25H20ClN3O2S/c26-16-9-7-15(8-10-16)24-23-19(18-5-1-2-6-20(18)27-23)12-21-25(31)28(14-22(30)29(21)24)13-17-4-3-11-32-17/h1-11,21,24,27H,12-14H2/t21-,24+/m0/s1. The van der Waals surface area contributed by atoms with Crippen LogP contribution < -0.4 is 0 Å². The van der Waals surface area contributed by atoms with E-state index in [-0.39, 0.29) is 24.4 Å². The third-order valence-electron chi connectivity index (χ3n) is 6.45. The molecular weight excluding hydrogens is 442 g/mol. The molecule has 2 aliphatic rings. The summed E-state index contributed by atoms with van der Waals surface area (Å²) in [6.07, 6.45) is 0.509. The number of carbonyl (C=O) groups is 2. The van der Waals surface area contributed by atoms with Crippen LogP contribution in [0.15, 0.2) is 66.0 Å². The summed E-state index contributed by atoms with van der Waals surface area (Å²) >= 11 is 7.75. The molecule has 0 spiro atoms. The second-order valence-electron chi connectivity index (χ2n) is 8.31. The van der Waals surface area contributed by atoms with E-state index in [2.05, 4.69) is 11.1 Å². The van der Waals surface area contributed by atoms with Crippen LogP contribution in [-0.4, -0.2) is 39.2 Å². The Labute approximate surface area is 194 Å². The van der Waals surface area contributed by atoms with E-state index in [1.807, 2.05) is 60.0 Å². The highest BCUT2D eigenvalue weighted by Crippen LogP contribution is 2.42. The Bertz CT molecular complexity index is 1330. The summed E-state index contributed by atoms with van der Waals surface area (Å²) in [5.74, 6) is -0.0247. The molecule has 4 heterocycles. The number of halogens is 1. The number of piperazine rings is 1. The van der Waals surface area contributed by atoms with Crippen molar-refractivity contribution in [3.63, 3.8) is 0 Å². The second-order valence-corrected chi connectivity index (χ2v) is 9.78. The molecule has 2 aromatic carbocycles. The fourth-order valence-corrected chi connectivity index (χ4v) is 5.88. The first-order valence-corrected chi connectivity index (χ1v) is 11.8. The van der Waals surface area contributed by atoms with Gasteiger partial charge in [-0.15, -0.1) is 11.3 Å². The van der Waals surface area contributed by atoms with E-state index in [4.69, 9.17) is 11.6 Å². The lowest BCUT2D eigenvalue weighted by Crippen LogP contribution is -2.62. The highest BCUT2D eigenvalue weighted by Gasteiger charge is 2.48. The van der Waals surface area contributed by atoms with Crippen LogP contribution in [0.25, 0.3) is 10.9 Å². The lowest BCUT2D eigenvalue weighted by Gasteiger charge is -2.47. The maximum atomic E-state index is 13.6. The maximum Gasteiger partial charge on any atom is 0.246 e. The van der Waals surface area contributed by atoms with Gasteiger partial charge in [-0.05, 0) is 40.8 Å². The van der Waals surface area contributed by atoms with Crippen molar-refractivity contribution in [1.82, 2.24) is 14.8 Å². The van der Waals surface area contributed by atoms with E-state index in [0.29, 0.717) is 18.0 Å². The molecule has 0 unspecified atom stereocenters. The molecule has 7 heteroatoms. The predicted molar refractivity (Wildman–Crippen MR) is 126 cm³/mol. The topological polar surface area (TPSA) is 56.4 Å². The molecule has 5 nitrogen and oxygen atoms in total. The van der Waals surface area contributed by atoms with E-state index in [1.165, 1.54) is 0 Å². The number of fused-ring (bicyclic) bond motifs is 4. The van der Waals surface area contributed by atoms with Crippen LogP contribution in [0.3, 0.4) is 0 Å². The lowest BCUT2D eigenvalue weighted by molar-refractivity contribution is -0.159. The Morgan fingerprint density at radius 1 is 1.03 bits per heavy atom. The monoisotopic (exact) mass is 461 g/mol. The Morgan fingerprint density at radius 2 is 1.84 bits per heavy atom. The Balaban J connectivity index is 1.48. The minimum atomic E-state index is -0.524. The third kappa shape index (κ3) is 3.05. The third-order valence-corrected chi connectivity index (χ3v) is 7.57. The molecule has 6 rings (SSSR count). The lowest BCUT2D eigenvalue weighted by atomic mass is 9.86. The average molecular weight is 462 g/mol. The van der Waals surface area contributed by atoms with Gasteiger partial charge in [-0.3, -0.25) is 9.59 Å². The summed E-state index contributed by atoms with van der Waals surface area (Å²) in [4.78, 5) is 35.2. The first-order valence-electron chi connectivity index (χ1n) is 10.6. The smallest absolute Gasteiger partial charge is 0.246 e. The van der Waals surface area contributed by atoms with E-state index >= 15 is 0 Å². The van der Waals surface area contributed by atoms with Crippen LogP contribution in [0.1, 0.15) is 27.7 Å². The molecule has 32 heavy (non-hydrogen) atoms. The van der Waals surface area contributed by atoms with Gasteiger partial charge in [-0.2, -0.15) is 0 Å². The number of hydrogen-bond donors (Lipinski definition) is 1. The molecule has 2 aromatic heterocycles. The Hall–Kier alpha value is -3.09. The first-order chi connectivity index (χ1) is 15.6. The van der Waals surface area contributed by atoms with E-state index in [0.717, 1.165) is 32.6 Å². The van der Waals surface area contributed by atoms with Crippen molar-refractivity contribution < 1.29 is 9.59 Å². The molecule has 0 bridgehead atoms. The van der Waals surface area contributed by atoms with Gasteiger partial charge in [0.1, 0.15) is 12.6 Å². The normalized spacial score (nSPS) is 20.5. The number of carbonyl (C=O) groups excluding carboxylic acids is 2. The van der Waals surface area contributed by atoms with Gasteiger partial charge in [0, 0.05) is 32.9 Å². The number of hydrogen-bond acceptors (Lipinski definition) is 3. The number of rotatable bonds is 3. The van der Waals surface area contributed by atoms with E-state index < -0.39 is 6.04 Å². The summed E-state index contributed by atoms with van der Waals surface area (Å²) in [7, 11) is 0. The van der Waals surface area contributed by atoms with Crippen molar-refractivity contribution in [2.45, 2.75) is 25.0 Å². The average Bonchev–Trinajstić information content (AvgIpc) is 3.44. The van der Waals surface area contributed by atoms with Crippen molar-refractivity contribution in [3.05, 3.63) is 92.8 Å². The van der Waals surface area contributed by atoms with Crippen LogP contribution in [0, 0.1) is 0 Å². The fraction of sp³-hybridized carbons (Fsp3) is 0.200. The summed E-state index contributed by atoms with van der Waals surface area (Å²) in [6.45, 7) is 0.561. The molecule has 160 valence electrons. The number of para-hydroxylation sites is 1. The van der Waals surface area contributed by atoms with Crippen LogP contribution in [0.5, 0.6) is 0 Å². The molecule has 2 aliphatic heterocycles. The zero-order chi connectivity index (χ0) is 21.8. The molecule has 1 fully saturated rings. The summed E-state index contributed by atoms with van der Waals surface area (Å²) in [5, 5.41) is 3.74. The minimum Gasteiger partial charge on any atom is -0.356 e. The van der Waals surface area contributed by atoms with Gasteiger partial charge in [-0.25, -0.2) is 0 Å². The van der Waals surface area contributed by atoms with Crippen molar-refractivity contribution in [2.24, 2.45) is 0 Å². The summed E-state index contributed by atoms with van der Waals surface area (Å²) < 4.78 is 0. The van der Waals surface area contributed by atoms with Gasteiger partial charge in [0.15, 0.2) is 0 Å². The van der Waals surface area contributed by atoms with Crippen molar-refractivity contribution in [2.75, 3.05) is 6.54 Å². The van der Waals surface area contributed by atoms with Crippen LogP contribution >= 0.6 is 22.9 Å². The predicted octanol–water partition coefficient (Wildman–Crippen LogP) is 4.77. The second kappa shape index (κ2) is 7.50. The molecule has 0 saturated carbocycles. The van der Waals surface area contributed by atoms with Crippen molar-refractivity contribution in [3.8, 4) is 0 Å². The van der Waals surface area contributed by atoms with Crippen LogP contribution in [0.2, 0.25) is 5.02 Å². The molecule has 2 amide bonds. The molecule has 0 radical (unpaired) electrons. The molecule has 0 aliphatic carbocycles. The highest BCUT2D eigenvalue weighted by atomic mass is 35.5. The van der Waals surface area contributed by atoms with Gasteiger partial charge >= 0.3 is 0 Å². The molecule has 2 atom stereocenters. The van der Waals surface area contributed by atoms with Crippen molar-refractivity contribution in [1.29, 1.82) is 0 Å².